The summed E-state index contributed by atoms with van der Waals surface area (Å²) >= 11 is 0. The molecule has 0 heterocycles. The zero-order valence-electron chi connectivity index (χ0n) is 1.56. The quantitative estimate of drug-likeness (QED) is 0.431. The molecule has 0 bridgehead atoms. The van der Waals surface area contributed by atoms with Gasteiger partial charge in [0.15, 0.2) is 0 Å². The predicted octanol–water partition coefficient (Wildman–Crippen LogP) is -0.301. The van der Waals surface area contributed by atoms with Crippen LogP contribution in [0.5, 0.6) is 0 Å². The standard InChI is InChI=1S/2Fe.H2O.O/h;;1H2;/q2*+2;;-2/p-1. The van der Waals surface area contributed by atoms with Gasteiger partial charge in [-0.15, -0.1) is 0 Å². The summed E-state index contributed by atoms with van der Waals surface area (Å²) in [6.07, 6.45) is 0. The molecule has 0 unspecified atom stereocenters. The molecule has 0 aromatic heterocycles. The van der Waals surface area contributed by atoms with Gasteiger partial charge in [-0.05, 0) is 0 Å². The van der Waals surface area contributed by atoms with Gasteiger partial charge >= 0.3 is 34.1 Å². The first-order chi connectivity index (χ1) is 0. The number of hydrogen-bond donors (Lipinski definition) is 0. The molecule has 0 fully saturated rings. The van der Waals surface area contributed by atoms with Gasteiger partial charge in [-0.1, -0.05) is 0 Å². The smallest absolute Gasteiger partial charge is 2.00 e. The first-order valence-electron chi connectivity index (χ1n) is 0. The Balaban J connectivity index is 0. The maximum absolute atomic E-state index is 0. The molecule has 0 saturated carbocycles. The van der Waals surface area contributed by atoms with Crippen LogP contribution in [0.15, 0.2) is 0 Å². The first-order valence-corrected chi connectivity index (χ1v) is 0. The monoisotopic (exact) mass is 145 g/mol. The third-order valence-corrected chi connectivity index (χ3v) is 0. The normalized spacial score (nSPS) is 0. The third kappa shape index (κ3) is 12.3. The van der Waals surface area contributed by atoms with Crippen LogP contribution in [-0.2, 0) is 39.6 Å². The van der Waals surface area contributed by atoms with E-state index in [1.54, 1.807) is 0 Å². The van der Waals surface area contributed by atoms with Crippen molar-refractivity contribution in [1.29, 1.82) is 0 Å². The third-order valence-electron chi connectivity index (χ3n) is 0. The van der Waals surface area contributed by atoms with E-state index >= 15 is 0 Å². The van der Waals surface area contributed by atoms with Crippen molar-refractivity contribution in [2.24, 2.45) is 0 Å². The van der Waals surface area contributed by atoms with Gasteiger partial charge in [0.1, 0.15) is 0 Å². The van der Waals surface area contributed by atoms with Crippen LogP contribution in [0.25, 0.3) is 0 Å². The minimum atomic E-state index is 0. The fourth-order valence-corrected chi connectivity index (χ4v) is 0. The zero-order chi connectivity index (χ0) is 0. The molecular weight excluding hydrogens is 144 g/mol. The molecule has 0 rings (SSSR count). The van der Waals surface area contributed by atoms with Gasteiger partial charge in [-0.3, -0.25) is 0 Å². The van der Waals surface area contributed by atoms with Gasteiger partial charge in [0.25, 0.3) is 0 Å². The van der Waals surface area contributed by atoms with Crippen LogP contribution >= 0.6 is 0 Å². The van der Waals surface area contributed by atoms with Crippen molar-refractivity contribution >= 4 is 0 Å². The second kappa shape index (κ2) is 37.7. The van der Waals surface area contributed by atoms with Crippen LogP contribution in [0.1, 0.15) is 0 Å². The molecule has 0 saturated heterocycles. The second-order valence-electron chi connectivity index (χ2n) is 0. The fraction of sp³-hybridized carbons (Fsp3) is 0. The number of rotatable bonds is 0. The Labute approximate surface area is 45.5 Å². The van der Waals surface area contributed by atoms with E-state index < -0.39 is 0 Å². The van der Waals surface area contributed by atoms with Gasteiger partial charge in [0.05, 0.1) is 0 Å². The molecule has 0 spiro atoms. The Morgan fingerprint density at radius 1 is 0.750 bits per heavy atom. The second-order valence-corrected chi connectivity index (χ2v) is 0. The maximum Gasteiger partial charge on any atom is 2.00 e. The van der Waals surface area contributed by atoms with Crippen molar-refractivity contribution in [2.45, 2.75) is 0 Å². The summed E-state index contributed by atoms with van der Waals surface area (Å²) in [7, 11) is 0. The molecule has 4 heteroatoms. The predicted molar refractivity (Wildman–Crippen MR) is 2.62 cm³/mol. The van der Waals surface area contributed by atoms with Crippen molar-refractivity contribution < 1.29 is 45.1 Å². The molecule has 0 aliphatic heterocycles. The fourth-order valence-electron chi connectivity index (χ4n) is 0. The molecule has 4 heavy (non-hydrogen) atoms. The summed E-state index contributed by atoms with van der Waals surface area (Å²) in [5, 5.41) is 0. The topological polar surface area (TPSA) is 58.5 Å². The molecule has 0 aliphatic carbocycles. The Hall–Kier alpha value is 0.959. The van der Waals surface area contributed by atoms with E-state index in [1.807, 2.05) is 0 Å². The first kappa shape index (κ1) is 84.5. The maximum atomic E-state index is 0. The summed E-state index contributed by atoms with van der Waals surface area (Å²) in [4.78, 5) is 0. The van der Waals surface area contributed by atoms with E-state index in [-0.39, 0.29) is 45.1 Å². The molecule has 28 valence electrons. The summed E-state index contributed by atoms with van der Waals surface area (Å²) in [6.45, 7) is 0. The van der Waals surface area contributed by atoms with E-state index in [9.17, 15) is 0 Å². The molecule has 0 aromatic carbocycles. The van der Waals surface area contributed by atoms with Crippen LogP contribution in [0, 0.1) is 0 Å². The molecule has 0 radical (unpaired) electrons. The Kier molecular flexibility index (Phi) is 796. The average Bonchev–Trinajstić information content (AvgIpc) is 0. The van der Waals surface area contributed by atoms with Gasteiger partial charge in [-0.2, -0.15) is 0 Å². The summed E-state index contributed by atoms with van der Waals surface area (Å²) in [5.74, 6) is 0. The minimum Gasteiger partial charge on any atom is -2.00 e. The van der Waals surface area contributed by atoms with E-state index in [2.05, 4.69) is 0 Å². The molecule has 2 nitrogen and oxygen atoms in total. The molecule has 0 aromatic rings. The van der Waals surface area contributed by atoms with Crippen molar-refractivity contribution in [3.05, 3.63) is 0 Å². The van der Waals surface area contributed by atoms with Gasteiger partial charge in [0, 0.05) is 0 Å². The van der Waals surface area contributed by atoms with Crippen molar-refractivity contribution in [1.82, 2.24) is 0 Å². The number of hydrogen-bond acceptors (Lipinski definition) is 1. The Morgan fingerprint density at radius 2 is 0.750 bits per heavy atom. The molecule has 0 aliphatic rings. The van der Waals surface area contributed by atoms with Gasteiger partial charge in [0.2, 0.25) is 0 Å². The van der Waals surface area contributed by atoms with Crippen LogP contribution in [-0.4, -0.2) is 5.48 Å². The largest absolute Gasteiger partial charge is 2.00 e. The van der Waals surface area contributed by atoms with Gasteiger partial charge < -0.3 is 11.0 Å². The molecule has 0 amide bonds. The Morgan fingerprint density at radius 3 is 0.750 bits per heavy atom. The van der Waals surface area contributed by atoms with Crippen molar-refractivity contribution in [2.75, 3.05) is 0 Å². The van der Waals surface area contributed by atoms with Crippen LogP contribution in [0.4, 0.5) is 0 Å². The van der Waals surface area contributed by atoms with Crippen LogP contribution < -0.4 is 0 Å². The molecule has 0 atom stereocenters. The molecular formula is HFe2O2+. The Bertz CT molecular complexity index is 4.00. The summed E-state index contributed by atoms with van der Waals surface area (Å²) < 4.78 is 0. The summed E-state index contributed by atoms with van der Waals surface area (Å²) in [6, 6.07) is 0. The van der Waals surface area contributed by atoms with E-state index in [1.165, 1.54) is 0 Å². The average molecular weight is 145 g/mol. The van der Waals surface area contributed by atoms with E-state index in [0.717, 1.165) is 0 Å². The van der Waals surface area contributed by atoms with Crippen molar-refractivity contribution in [3.63, 3.8) is 0 Å². The van der Waals surface area contributed by atoms with Crippen molar-refractivity contribution in [3.8, 4) is 0 Å². The SMILES string of the molecule is [Fe+2].[Fe+2].[O-2].[OH-]. The van der Waals surface area contributed by atoms with Gasteiger partial charge in [-0.25, -0.2) is 0 Å². The van der Waals surface area contributed by atoms with Crippen LogP contribution in [0.2, 0.25) is 0 Å². The minimum absolute atomic E-state index is 0. The van der Waals surface area contributed by atoms with E-state index in [0.29, 0.717) is 0 Å². The summed E-state index contributed by atoms with van der Waals surface area (Å²) in [5.41, 5.74) is 0. The zero-order valence-corrected chi connectivity index (χ0v) is 3.77. The van der Waals surface area contributed by atoms with E-state index in [4.69, 9.17) is 0 Å². The molecule has 1 N–H and O–H groups in total. The van der Waals surface area contributed by atoms with Crippen LogP contribution in [0.3, 0.4) is 0 Å².